The number of unbranched alkanes of at least 4 members (excludes halogenated alkanes) is 3. The van der Waals surface area contributed by atoms with Gasteiger partial charge in [0.15, 0.2) is 0 Å². The van der Waals surface area contributed by atoms with Crippen molar-refractivity contribution in [1.29, 1.82) is 0 Å². The summed E-state index contributed by atoms with van der Waals surface area (Å²) in [6, 6.07) is 9.60. The van der Waals surface area contributed by atoms with Crippen molar-refractivity contribution >= 4 is 27.9 Å². The number of rotatable bonds is 12. The van der Waals surface area contributed by atoms with Gasteiger partial charge in [-0.25, -0.2) is 0 Å². The van der Waals surface area contributed by atoms with Gasteiger partial charge in [0, 0.05) is 0 Å². The van der Waals surface area contributed by atoms with Gasteiger partial charge in [-0.3, -0.25) is 0 Å². The van der Waals surface area contributed by atoms with Crippen LogP contribution in [0.2, 0.25) is 13.3 Å². The second-order valence-corrected chi connectivity index (χ2v) is 22.4. The second kappa shape index (κ2) is 13.0. The first-order chi connectivity index (χ1) is 14.1. The molecule has 1 aromatic rings. The molecule has 0 heterocycles. The Bertz CT molecular complexity index is 583. The van der Waals surface area contributed by atoms with Gasteiger partial charge in [-0.1, -0.05) is 0 Å². The Labute approximate surface area is 184 Å². The molecule has 0 spiro atoms. The monoisotopic (exact) mass is 508 g/mol. The molecule has 0 aromatic heterocycles. The van der Waals surface area contributed by atoms with E-state index in [1.54, 1.807) is 12.5 Å². The fraction of sp³-hybridized carbons (Fsp3) is 0.731. The van der Waals surface area contributed by atoms with Crippen LogP contribution in [-0.2, 0) is 9.53 Å². The Morgan fingerprint density at radius 1 is 0.897 bits per heavy atom. The van der Waals surface area contributed by atoms with Crippen molar-refractivity contribution in [2.75, 3.05) is 0 Å². The molecule has 0 unspecified atom stereocenters. The van der Waals surface area contributed by atoms with E-state index in [-0.39, 0.29) is 12.1 Å². The summed E-state index contributed by atoms with van der Waals surface area (Å²) in [5, 5.41) is 0. The van der Waals surface area contributed by atoms with Crippen LogP contribution in [0.15, 0.2) is 24.3 Å². The summed E-state index contributed by atoms with van der Waals surface area (Å²) in [4.78, 5) is 11.3. The van der Waals surface area contributed by atoms with E-state index in [1.165, 1.54) is 64.7 Å². The summed E-state index contributed by atoms with van der Waals surface area (Å²) in [5.74, 6) is 0.543. The van der Waals surface area contributed by atoms with Crippen LogP contribution in [0.5, 0.6) is 0 Å². The number of benzene rings is 1. The van der Waals surface area contributed by atoms with Crippen LogP contribution >= 0.6 is 0 Å². The Kier molecular flexibility index (Phi) is 11.1. The fourth-order valence-electron chi connectivity index (χ4n) is 5.39. The van der Waals surface area contributed by atoms with E-state index in [0.29, 0.717) is 5.92 Å². The van der Waals surface area contributed by atoms with Gasteiger partial charge in [-0.2, -0.15) is 0 Å². The molecular formula is C26H44O2Sn. The molecule has 1 saturated carbocycles. The van der Waals surface area contributed by atoms with Crippen molar-refractivity contribution in [2.45, 2.75) is 117 Å². The first-order valence-corrected chi connectivity index (χ1v) is 19.8. The molecule has 1 aliphatic carbocycles. The molecule has 3 heteroatoms. The summed E-state index contributed by atoms with van der Waals surface area (Å²) in [6.07, 6.45) is 12.8. The van der Waals surface area contributed by atoms with Gasteiger partial charge in [0.2, 0.25) is 0 Å². The molecule has 0 bridgehead atoms. The first-order valence-electron chi connectivity index (χ1n) is 12.3. The SMILES string of the molecule is CCC[CH2][Sn]([CH2]CCC)([CH2]CCC)[c]1ccccc1C1CCC(OC(C)=O)CC1. The Morgan fingerprint density at radius 3 is 1.90 bits per heavy atom. The van der Waals surface area contributed by atoms with Gasteiger partial charge in [0.25, 0.3) is 0 Å². The van der Waals surface area contributed by atoms with Crippen molar-refractivity contribution < 1.29 is 9.53 Å². The van der Waals surface area contributed by atoms with E-state index in [1.807, 2.05) is 3.58 Å². The quantitative estimate of drug-likeness (QED) is 0.219. The molecule has 0 N–H and O–H groups in total. The average Bonchev–Trinajstić information content (AvgIpc) is 2.74. The van der Waals surface area contributed by atoms with Crippen LogP contribution in [0.1, 0.15) is 103 Å². The van der Waals surface area contributed by atoms with Gasteiger partial charge >= 0.3 is 185 Å². The molecule has 2 nitrogen and oxygen atoms in total. The number of hydrogen-bond acceptors (Lipinski definition) is 2. The van der Waals surface area contributed by atoms with Crippen molar-refractivity contribution in [2.24, 2.45) is 0 Å². The summed E-state index contributed by atoms with van der Waals surface area (Å²) in [5.41, 5.74) is 1.69. The van der Waals surface area contributed by atoms with Crippen molar-refractivity contribution in [3.05, 3.63) is 29.8 Å². The first kappa shape index (κ1) is 24.8. The Balaban J connectivity index is 2.30. The number of carbonyl (C=O) groups is 1. The summed E-state index contributed by atoms with van der Waals surface area (Å²) in [7, 11) is 0. The van der Waals surface area contributed by atoms with E-state index in [2.05, 4.69) is 45.0 Å². The van der Waals surface area contributed by atoms with Crippen LogP contribution < -0.4 is 3.58 Å². The van der Waals surface area contributed by atoms with Crippen molar-refractivity contribution in [3.63, 3.8) is 0 Å². The standard InChI is InChI=1S/C14H17O2.3C4H9.Sn/c1-11(15)16-14-9-7-13(8-10-14)12-5-3-2-4-6-12;3*1-3-4-2;/h2-5,13-14H,7-10H2,1H3;3*1,3-4H2,2H3;. The predicted octanol–water partition coefficient (Wildman–Crippen LogP) is 7.33. The molecule has 0 aliphatic heterocycles. The third kappa shape index (κ3) is 7.29. The normalized spacial score (nSPS) is 19.9. The third-order valence-electron chi connectivity index (χ3n) is 7.01. The van der Waals surface area contributed by atoms with Gasteiger partial charge in [-0.05, 0) is 0 Å². The molecule has 2 rings (SSSR count). The van der Waals surface area contributed by atoms with Crippen LogP contribution in [0.3, 0.4) is 0 Å². The van der Waals surface area contributed by atoms with Crippen LogP contribution in [0, 0.1) is 0 Å². The Hall–Kier alpha value is -0.511. The minimum atomic E-state index is -2.43. The zero-order valence-electron chi connectivity index (χ0n) is 19.5. The average molecular weight is 507 g/mol. The van der Waals surface area contributed by atoms with Crippen molar-refractivity contribution in [3.8, 4) is 0 Å². The Morgan fingerprint density at radius 2 is 1.41 bits per heavy atom. The maximum atomic E-state index is 11.3. The molecule has 1 aromatic carbocycles. The van der Waals surface area contributed by atoms with Crippen LogP contribution in [0.4, 0.5) is 0 Å². The second-order valence-electron chi connectivity index (χ2n) is 9.26. The predicted molar refractivity (Wildman–Crippen MR) is 128 cm³/mol. The van der Waals surface area contributed by atoms with Gasteiger partial charge in [0.1, 0.15) is 0 Å². The molecule has 29 heavy (non-hydrogen) atoms. The molecule has 0 atom stereocenters. The number of ether oxygens (including phenoxy) is 1. The van der Waals surface area contributed by atoms with E-state index in [0.717, 1.165) is 12.8 Å². The van der Waals surface area contributed by atoms with E-state index in [9.17, 15) is 4.79 Å². The summed E-state index contributed by atoms with van der Waals surface area (Å²) < 4.78 is 12.0. The molecule has 1 aliphatic rings. The van der Waals surface area contributed by atoms with E-state index >= 15 is 0 Å². The zero-order valence-corrected chi connectivity index (χ0v) is 22.3. The topological polar surface area (TPSA) is 26.3 Å². The molecule has 0 saturated heterocycles. The number of carbonyl (C=O) groups excluding carboxylic acids is 1. The summed E-state index contributed by atoms with van der Waals surface area (Å²) in [6.45, 7) is 8.62. The van der Waals surface area contributed by atoms with Crippen LogP contribution in [0.25, 0.3) is 0 Å². The van der Waals surface area contributed by atoms with E-state index in [4.69, 9.17) is 4.74 Å². The van der Waals surface area contributed by atoms with E-state index < -0.39 is 18.4 Å². The van der Waals surface area contributed by atoms with Crippen molar-refractivity contribution in [1.82, 2.24) is 0 Å². The molecule has 0 radical (unpaired) electrons. The molecule has 1 fully saturated rings. The zero-order chi connectivity index (χ0) is 21.1. The number of esters is 1. The molecule has 164 valence electrons. The maximum absolute atomic E-state index is 11.3. The fourth-order valence-corrected chi connectivity index (χ4v) is 22.5. The van der Waals surface area contributed by atoms with Gasteiger partial charge in [0.05, 0.1) is 0 Å². The summed E-state index contributed by atoms with van der Waals surface area (Å²) >= 11 is -2.43. The van der Waals surface area contributed by atoms with Gasteiger partial charge in [-0.15, -0.1) is 0 Å². The third-order valence-corrected chi connectivity index (χ3v) is 22.8. The van der Waals surface area contributed by atoms with Crippen LogP contribution in [-0.4, -0.2) is 30.5 Å². The number of hydrogen-bond donors (Lipinski definition) is 0. The van der Waals surface area contributed by atoms with Gasteiger partial charge < -0.3 is 0 Å². The minimum absolute atomic E-state index is 0.122. The molecule has 0 amide bonds. The molecular weight excluding hydrogens is 463 g/mol.